The molecule has 0 spiro atoms. The second-order valence-electron chi connectivity index (χ2n) is 11.2. The number of carbonyl (C=O) groups excluding carboxylic acids is 3. The molecule has 1 amide bonds. The van der Waals surface area contributed by atoms with Gasteiger partial charge in [-0.25, -0.2) is 0 Å². The highest BCUT2D eigenvalue weighted by molar-refractivity contribution is 6.25. The summed E-state index contributed by atoms with van der Waals surface area (Å²) < 4.78 is 16.6. The highest BCUT2D eigenvalue weighted by Gasteiger charge is 2.67. The minimum absolute atomic E-state index is 0.0103. The summed E-state index contributed by atoms with van der Waals surface area (Å²) in [5.74, 6) is -6.86. The van der Waals surface area contributed by atoms with E-state index in [1.54, 1.807) is 37.2 Å². The zero-order valence-corrected chi connectivity index (χ0v) is 23.9. The Morgan fingerprint density at radius 3 is 2.21 bits per heavy atom. The normalized spacial score (nSPS) is 28.6. The van der Waals surface area contributed by atoms with Crippen molar-refractivity contribution in [2.45, 2.75) is 30.6 Å². The zero-order chi connectivity index (χ0) is 30.8. The van der Waals surface area contributed by atoms with Crippen molar-refractivity contribution < 1.29 is 49.0 Å². The van der Waals surface area contributed by atoms with Crippen LogP contribution in [0.4, 0.5) is 0 Å². The van der Waals surface area contributed by atoms with Gasteiger partial charge in [0.1, 0.15) is 17.4 Å². The minimum Gasteiger partial charge on any atom is -0.507 e. The number of benzene rings is 2. The molecule has 2 aromatic rings. The summed E-state index contributed by atoms with van der Waals surface area (Å²) in [5, 5.41) is 45.2. The van der Waals surface area contributed by atoms with Gasteiger partial charge in [-0.2, -0.15) is 0 Å². The van der Waals surface area contributed by atoms with Crippen molar-refractivity contribution in [2.24, 2.45) is 23.5 Å². The van der Waals surface area contributed by atoms with Crippen molar-refractivity contribution in [2.75, 3.05) is 35.4 Å². The third-order valence-electron chi connectivity index (χ3n) is 8.97. The zero-order valence-electron chi connectivity index (χ0n) is 23.9. The lowest BCUT2D eigenvalue weighted by atomic mass is 9.54. The van der Waals surface area contributed by atoms with E-state index in [1.165, 1.54) is 27.4 Å². The number of primary amides is 1. The largest absolute Gasteiger partial charge is 0.507 e. The number of phenols is 1. The Kier molecular flexibility index (Phi) is 7.20. The van der Waals surface area contributed by atoms with Gasteiger partial charge in [-0.05, 0) is 62.2 Å². The van der Waals surface area contributed by atoms with E-state index in [9.17, 15) is 34.8 Å². The third-order valence-corrected chi connectivity index (χ3v) is 8.97. The van der Waals surface area contributed by atoms with E-state index in [-0.39, 0.29) is 29.7 Å². The SMILES string of the molecule is COc1ccc(-c2ccc(O)c3c2C[C@@H]2C[C@@H]4C(N(C)C)C(O)C(C(N)=O)C(=O)[C@]4(O)C(=O)C2=C3O)c(OC)c1OC. The van der Waals surface area contributed by atoms with Crippen molar-refractivity contribution in [3.8, 4) is 34.1 Å². The number of hydrogen-bond donors (Lipinski definition) is 5. The molecule has 224 valence electrons. The van der Waals surface area contributed by atoms with Gasteiger partial charge in [-0.15, -0.1) is 0 Å². The fraction of sp³-hybridized carbons (Fsp3) is 0.433. The van der Waals surface area contributed by atoms with E-state index in [0.717, 1.165) is 0 Å². The molecule has 0 radical (unpaired) electrons. The molecule has 12 nitrogen and oxygen atoms in total. The molecule has 0 heterocycles. The van der Waals surface area contributed by atoms with Crippen molar-refractivity contribution >= 4 is 23.2 Å². The Morgan fingerprint density at radius 1 is 1.00 bits per heavy atom. The fourth-order valence-corrected chi connectivity index (χ4v) is 7.17. The minimum atomic E-state index is -2.72. The van der Waals surface area contributed by atoms with Gasteiger partial charge < -0.3 is 45.3 Å². The van der Waals surface area contributed by atoms with Gasteiger partial charge in [0.15, 0.2) is 22.9 Å². The number of rotatable bonds is 6. The predicted octanol–water partition coefficient (Wildman–Crippen LogP) is 0.822. The van der Waals surface area contributed by atoms with Crippen LogP contribution >= 0.6 is 0 Å². The Morgan fingerprint density at radius 2 is 1.64 bits per heavy atom. The van der Waals surface area contributed by atoms with E-state index >= 15 is 0 Å². The first-order valence-electron chi connectivity index (χ1n) is 13.4. The lowest BCUT2D eigenvalue weighted by Crippen LogP contribution is -2.73. The molecule has 2 aromatic carbocycles. The molecular formula is C30H34N2O10. The number of nitrogens with two attached hydrogens (primary N) is 1. The van der Waals surface area contributed by atoms with Crippen LogP contribution in [0, 0.1) is 17.8 Å². The van der Waals surface area contributed by atoms with E-state index in [0.29, 0.717) is 33.9 Å². The molecule has 0 aliphatic heterocycles. The second kappa shape index (κ2) is 10.3. The maximum atomic E-state index is 14.0. The van der Waals surface area contributed by atoms with E-state index in [4.69, 9.17) is 19.9 Å². The molecule has 3 aliphatic rings. The van der Waals surface area contributed by atoms with Gasteiger partial charge in [-0.1, -0.05) is 6.07 Å². The van der Waals surface area contributed by atoms with Crippen LogP contribution in [0.2, 0.25) is 0 Å². The average molecular weight is 583 g/mol. The standard InChI is InChI=1S/C30H34N2O10/c1-32(2)22-16-11-12-10-15-13(14-7-9-18(40-3)26(42-5)25(14)41-4)6-8-17(33)20(15)23(34)19(12)27(36)30(16,39)28(37)21(24(22)35)29(31)38/h6-9,12,16,21-22,24,33-35,39H,10-11H2,1-5H3,(H2,31,38)/t12-,16-,21?,22?,24?,30-/m1/s1. The maximum absolute atomic E-state index is 14.0. The first-order valence-corrected chi connectivity index (χ1v) is 13.4. The molecule has 0 bridgehead atoms. The molecule has 6 N–H and O–H groups in total. The molecule has 0 aromatic heterocycles. The summed E-state index contributed by atoms with van der Waals surface area (Å²) in [6, 6.07) is 5.48. The van der Waals surface area contributed by atoms with E-state index in [2.05, 4.69) is 0 Å². The molecule has 0 saturated heterocycles. The molecular weight excluding hydrogens is 548 g/mol. The van der Waals surface area contributed by atoms with Gasteiger partial charge in [0.05, 0.1) is 33.0 Å². The fourth-order valence-electron chi connectivity index (χ4n) is 7.17. The number of carbonyl (C=O) groups is 3. The second-order valence-corrected chi connectivity index (χ2v) is 11.2. The number of phenolic OH excluding ortho intramolecular Hbond substituents is 1. The average Bonchev–Trinajstić information content (AvgIpc) is 2.93. The van der Waals surface area contributed by atoms with E-state index in [1.807, 2.05) is 0 Å². The van der Waals surface area contributed by atoms with Gasteiger partial charge >= 0.3 is 0 Å². The first-order chi connectivity index (χ1) is 19.8. The summed E-state index contributed by atoms with van der Waals surface area (Å²) in [4.78, 5) is 41.3. The Labute approximate surface area is 241 Å². The van der Waals surface area contributed by atoms with Crippen LogP contribution < -0.4 is 19.9 Å². The number of likely N-dealkylation sites (N-methyl/N-ethyl adjacent to an activating group) is 1. The number of fused-ring (bicyclic) bond motifs is 3. The van der Waals surface area contributed by atoms with Gasteiger partial charge in [0, 0.05) is 23.1 Å². The smallest absolute Gasteiger partial charge is 0.230 e. The molecule has 2 saturated carbocycles. The lowest BCUT2D eigenvalue weighted by Gasteiger charge is -2.53. The van der Waals surface area contributed by atoms with Crippen molar-refractivity contribution in [3.05, 3.63) is 41.0 Å². The number of nitrogens with zero attached hydrogens (tertiary/aromatic N) is 1. The highest BCUT2D eigenvalue weighted by atomic mass is 16.5. The number of ketones is 2. The first kappa shape index (κ1) is 29.4. The van der Waals surface area contributed by atoms with Crippen molar-refractivity contribution in [1.82, 2.24) is 4.90 Å². The van der Waals surface area contributed by atoms with Crippen LogP contribution in [0.15, 0.2) is 29.8 Å². The molecule has 5 rings (SSSR count). The summed E-state index contributed by atoms with van der Waals surface area (Å²) >= 11 is 0. The number of aliphatic hydroxyl groups is 3. The van der Waals surface area contributed by atoms with Gasteiger partial charge in [0.25, 0.3) is 0 Å². The van der Waals surface area contributed by atoms with E-state index < -0.39 is 58.7 Å². The molecule has 2 fully saturated rings. The molecule has 6 atom stereocenters. The Balaban J connectivity index is 1.73. The maximum Gasteiger partial charge on any atom is 0.230 e. The quantitative estimate of drug-likeness (QED) is 0.303. The van der Waals surface area contributed by atoms with Crippen LogP contribution in [-0.4, -0.2) is 96.0 Å². The van der Waals surface area contributed by atoms with Crippen molar-refractivity contribution in [1.29, 1.82) is 0 Å². The third kappa shape index (κ3) is 3.89. The summed E-state index contributed by atoms with van der Waals surface area (Å²) in [6.07, 6.45) is -1.41. The summed E-state index contributed by atoms with van der Waals surface area (Å²) in [6.45, 7) is 0. The number of amides is 1. The van der Waals surface area contributed by atoms with Gasteiger partial charge in [0.2, 0.25) is 17.4 Å². The predicted molar refractivity (Wildman–Crippen MR) is 149 cm³/mol. The van der Waals surface area contributed by atoms with Crippen LogP contribution in [0.1, 0.15) is 17.5 Å². The van der Waals surface area contributed by atoms with Crippen LogP contribution in [0.3, 0.4) is 0 Å². The number of Topliss-reactive ketones (excluding diaryl/α,β-unsaturated/α-hetero) is 2. The number of hydrogen-bond acceptors (Lipinski definition) is 11. The molecule has 3 unspecified atom stereocenters. The lowest BCUT2D eigenvalue weighted by molar-refractivity contribution is -0.184. The summed E-state index contributed by atoms with van der Waals surface area (Å²) in [7, 11) is 7.63. The topological polar surface area (TPSA) is 189 Å². The summed E-state index contributed by atoms with van der Waals surface area (Å²) in [5.41, 5.74) is 4.12. The number of methoxy groups -OCH3 is 3. The molecule has 42 heavy (non-hydrogen) atoms. The number of aromatic hydroxyl groups is 1. The monoisotopic (exact) mass is 582 g/mol. The number of ether oxygens (including phenoxy) is 3. The van der Waals surface area contributed by atoms with Crippen molar-refractivity contribution in [3.63, 3.8) is 0 Å². The van der Waals surface area contributed by atoms with Crippen LogP contribution in [-0.2, 0) is 20.8 Å². The Hall–Kier alpha value is -4.13. The Bertz CT molecular complexity index is 1530. The number of aliphatic hydroxyl groups excluding tert-OH is 2. The molecule has 12 heteroatoms. The van der Waals surface area contributed by atoms with Crippen LogP contribution in [0.25, 0.3) is 16.9 Å². The molecule has 3 aliphatic carbocycles. The highest BCUT2D eigenvalue weighted by Crippen LogP contribution is 2.54. The van der Waals surface area contributed by atoms with Gasteiger partial charge in [-0.3, -0.25) is 14.4 Å². The van der Waals surface area contributed by atoms with Crippen LogP contribution in [0.5, 0.6) is 23.0 Å².